The zero-order chi connectivity index (χ0) is 8.69. The molecular weight excluding hydrogens is 148 g/mol. The third kappa shape index (κ3) is 12.6. The molecule has 0 radical (unpaired) electrons. The van der Waals surface area contributed by atoms with Gasteiger partial charge in [0.15, 0.2) is 0 Å². The molecule has 0 saturated heterocycles. The first-order chi connectivity index (χ1) is 5.13. The minimum atomic E-state index is 0. The average molecular weight is 174 g/mol. The van der Waals surface area contributed by atoms with Gasteiger partial charge in [-0.1, -0.05) is 35.1 Å². The zero-order valence-electron chi connectivity index (χ0n) is 8.39. The summed E-state index contributed by atoms with van der Waals surface area (Å²) in [5.41, 5.74) is 0. The van der Waals surface area contributed by atoms with Gasteiger partial charge in [-0.2, -0.15) is 0 Å². The fourth-order valence-electron chi connectivity index (χ4n) is 0.740. The summed E-state index contributed by atoms with van der Waals surface area (Å²) >= 11 is 0. The Hall–Kier alpha value is -0.0400. The summed E-state index contributed by atoms with van der Waals surface area (Å²) < 4.78 is 5.46. The second-order valence-corrected chi connectivity index (χ2v) is 3.98. The van der Waals surface area contributed by atoms with Gasteiger partial charge in [0.25, 0.3) is 0 Å². The maximum atomic E-state index is 5.46. The second kappa shape index (κ2) is 9.05. The first-order valence-corrected chi connectivity index (χ1v) is 4.70. The zero-order valence-corrected chi connectivity index (χ0v) is 8.39. The van der Waals surface area contributed by atoms with E-state index in [1.54, 1.807) is 0 Å². The van der Waals surface area contributed by atoms with E-state index in [1.807, 2.05) is 0 Å². The summed E-state index contributed by atoms with van der Waals surface area (Å²) in [7, 11) is 0. The minimum absolute atomic E-state index is 0. The van der Waals surface area contributed by atoms with Gasteiger partial charge >= 0.3 is 0 Å². The molecule has 76 valence electrons. The van der Waals surface area contributed by atoms with Crippen LogP contribution in [0.3, 0.4) is 0 Å². The van der Waals surface area contributed by atoms with Gasteiger partial charge in [-0.25, -0.2) is 0 Å². The Labute approximate surface area is 78.5 Å². The lowest BCUT2D eigenvalue weighted by Crippen LogP contribution is -2.02. The number of ether oxygens (including phenoxy) is 1. The van der Waals surface area contributed by atoms with E-state index in [9.17, 15) is 0 Å². The molecule has 0 heterocycles. The van der Waals surface area contributed by atoms with E-state index in [0.29, 0.717) is 0 Å². The largest absolute Gasteiger partial charge is 0.381 e. The molecule has 12 heavy (non-hydrogen) atoms. The van der Waals surface area contributed by atoms with Crippen LogP contribution in [0.15, 0.2) is 0 Å². The standard InChI is InChI=1S/C10H22O.CH4/c1-9(2)5-7-11-8-6-10(3)4;/h9-10H,5-8H2,1-4H3;1H4. The SMILES string of the molecule is C.CC(C)CCOCCC(C)C. The molecule has 0 aromatic carbocycles. The van der Waals surface area contributed by atoms with Gasteiger partial charge in [0.1, 0.15) is 0 Å². The summed E-state index contributed by atoms with van der Waals surface area (Å²) in [4.78, 5) is 0. The third-order valence-electron chi connectivity index (χ3n) is 1.68. The van der Waals surface area contributed by atoms with Crippen LogP contribution in [-0.4, -0.2) is 13.2 Å². The van der Waals surface area contributed by atoms with Crippen LogP contribution in [0, 0.1) is 11.8 Å². The Bertz CT molecular complexity index is 67.1. The smallest absolute Gasteiger partial charge is 0.0468 e. The molecule has 0 aromatic rings. The predicted octanol–water partition coefficient (Wildman–Crippen LogP) is 3.73. The molecule has 0 aliphatic heterocycles. The van der Waals surface area contributed by atoms with Gasteiger partial charge in [-0.15, -0.1) is 0 Å². The van der Waals surface area contributed by atoms with Gasteiger partial charge in [0.2, 0.25) is 0 Å². The third-order valence-corrected chi connectivity index (χ3v) is 1.68. The molecule has 1 heteroatoms. The summed E-state index contributed by atoms with van der Waals surface area (Å²) in [5.74, 6) is 1.54. The Kier molecular flexibility index (Phi) is 10.9. The molecular formula is C11H26O. The molecule has 0 aliphatic rings. The normalized spacial score (nSPS) is 10.5. The number of hydrogen-bond acceptors (Lipinski definition) is 1. The molecule has 0 aliphatic carbocycles. The van der Waals surface area contributed by atoms with Gasteiger partial charge in [0, 0.05) is 13.2 Å². The lowest BCUT2D eigenvalue weighted by molar-refractivity contribution is 0.114. The molecule has 0 N–H and O–H groups in total. The quantitative estimate of drug-likeness (QED) is 0.557. The molecule has 0 bridgehead atoms. The maximum Gasteiger partial charge on any atom is 0.0468 e. The van der Waals surface area contributed by atoms with E-state index < -0.39 is 0 Å². The molecule has 0 spiro atoms. The van der Waals surface area contributed by atoms with Gasteiger partial charge in [-0.3, -0.25) is 0 Å². The molecule has 0 amide bonds. The highest BCUT2D eigenvalue weighted by Gasteiger charge is 1.95. The van der Waals surface area contributed by atoms with E-state index in [2.05, 4.69) is 27.7 Å². The molecule has 0 saturated carbocycles. The molecule has 0 fully saturated rings. The van der Waals surface area contributed by atoms with Crippen molar-refractivity contribution in [3.63, 3.8) is 0 Å². The van der Waals surface area contributed by atoms with Crippen LogP contribution in [0.4, 0.5) is 0 Å². The van der Waals surface area contributed by atoms with E-state index in [-0.39, 0.29) is 7.43 Å². The van der Waals surface area contributed by atoms with Crippen molar-refractivity contribution in [1.29, 1.82) is 0 Å². The number of rotatable bonds is 6. The van der Waals surface area contributed by atoms with Crippen LogP contribution in [0.25, 0.3) is 0 Å². The Morgan fingerprint density at radius 3 is 1.42 bits per heavy atom. The molecule has 0 rings (SSSR count). The monoisotopic (exact) mass is 174 g/mol. The minimum Gasteiger partial charge on any atom is -0.381 e. The van der Waals surface area contributed by atoms with E-state index in [4.69, 9.17) is 4.74 Å². The van der Waals surface area contributed by atoms with Crippen LogP contribution >= 0.6 is 0 Å². The highest BCUT2D eigenvalue weighted by molar-refractivity contribution is 4.45. The van der Waals surface area contributed by atoms with E-state index in [1.165, 1.54) is 12.8 Å². The number of hydrogen-bond donors (Lipinski definition) is 0. The summed E-state index contributed by atoms with van der Waals surface area (Å²) in [6.07, 6.45) is 2.39. The first kappa shape index (κ1) is 14.5. The van der Waals surface area contributed by atoms with Crippen molar-refractivity contribution < 1.29 is 4.74 Å². The fourth-order valence-corrected chi connectivity index (χ4v) is 0.740. The Balaban J connectivity index is 0. The molecule has 0 unspecified atom stereocenters. The highest BCUT2D eigenvalue weighted by Crippen LogP contribution is 2.02. The Morgan fingerprint density at radius 1 is 0.833 bits per heavy atom. The lowest BCUT2D eigenvalue weighted by atomic mass is 10.1. The van der Waals surface area contributed by atoms with Gasteiger partial charge in [-0.05, 0) is 24.7 Å². The van der Waals surface area contributed by atoms with Crippen LogP contribution in [-0.2, 0) is 4.74 Å². The molecule has 0 aromatic heterocycles. The Morgan fingerprint density at radius 2 is 1.17 bits per heavy atom. The van der Waals surface area contributed by atoms with E-state index in [0.717, 1.165) is 25.0 Å². The van der Waals surface area contributed by atoms with Crippen LogP contribution in [0.1, 0.15) is 48.0 Å². The van der Waals surface area contributed by atoms with Crippen LogP contribution in [0.2, 0.25) is 0 Å². The van der Waals surface area contributed by atoms with Crippen molar-refractivity contribution in [1.82, 2.24) is 0 Å². The lowest BCUT2D eigenvalue weighted by Gasteiger charge is -2.07. The van der Waals surface area contributed by atoms with Crippen molar-refractivity contribution in [2.24, 2.45) is 11.8 Å². The van der Waals surface area contributed by atoms with Gasteiger partial charge in [0.05, 0.1) is 0 Å². The van der Waals surface area contributed by atoms with E-state index >= 15 is 0 Å². The first-order valence-electron chi connectivity index (χ1n) is 4.70. The van der Waals surface area contributed by atoms with Crippen molar-refractivity contribution in [2.45, 2.75) is 48.0 Å². The second-order valence-electron chi connectivity index (χ2n) is 3.98. The van der Waals surface area contributed by atoms with Crippen molar-refractivity contribution >= 4 is 0 Å². The van der Waals surface area contributed by atoms with Gasteiger partial charge < -0.3 is 4.74 Å². The topological polar surface area (TPSA) is 9.23 Å². The predicted molar refractivity (Wildman–Crippen MR) is 56.5 cm³/mol. The average Bonchev–Trinajstić information content (AvgIpc) is 1.85. The van der Waals surface area contributed by atoms with Crippen LogP contribution in [0.5, 0.6) is 0 Å². The molecule has 0 atom stereocenters. The van der Waals surface area contributed by atoms with Crippen molar-refractivity contribution in [3.8, 4) is 0 Å². The van der Waals surface area contributed by atoms with Crippen molar-refractivity contribution in [2.75, 3.05) is 13.2 Å². The summed E-state index contributed by atoms with van der Waals surface area (Å²) in [6.45, 7) is 10.8. The fraction of sp³-hybridized carbons (Fsp3) is 1.00. The maximum absolute atomic E-state index is 5.46. The van der Waals surface area contributed by atoms with Crippen LogP contribution < -0.4 is 0 Å². The highest BCUT2D eigenvalue weighted by atomic mass is 16.5. The van der Waals surface area contributed by atoms with Crippen molar-refractivity contribution in [3.05, 3.63) is 0 Å². The molecule has 1 nitrogen and oxygen atoms in total. The summed E-state index contributed by atoms with van der Waals surface area (Å²) in [6, 6.07) is 0. The summed E-state index contributed by atoms with van der Waals surface area (Å²) in [5, 5.41) is 0.